The maximum absolute atomic E-state index is 10.6. The van der Waals surface area contributed by atoms with Crippen LogP contribution in [0.5, 0.6) is 0 Å². The summed E-state index contributed by atoms with van der Waals surface area (Å²) in [5.74, 6) is 0. The van der Waals surface area contributed by atoms with Gasteiger partial charge in [0, 0.05) is 6.20 Å². The van der Waals surface area contributed by atoms with Gasteiger partial charge in [0.05, 0.1) is 6.54 Å². The number of carbonyl (C=O) groups is 1. The first-order chi connectivity index (χ1) is 7.24. The lowest BCUT2D eigenvalue weighted by Gasteiger charge is -2.33. The van der Waals surface area contributed by atoms with Gasteiger partial charge in [-0.3, -0.25) is 4.79 Å². The second-order valence-electron chi connectivity index (χ2n) is 3.33. The molecule has 1 heterocycles. The summed E-state index contributed by atoms with van der Waals surface area (Å²) in [5.41, 5.74) is 0.811. The Morgan fingerprint density at radius 3 is 2.80 bits per heavy atom. The van der Waals surface area contributed by atoms with Gasteiger partial charge in [-0.2, -0.15) is 0 Å². The fourth-order valence-corrected chi connectivity index (χ4v) is 2.43. The number of benzene rings is 1. The lowest BCUT2D eigenvalue weighted by molar-refractivity contribution is -0.117. The molecule has 1 aliphatic rings. The van der Waals surface area contributed by atoms with Crippen LogP contribution in [0.4, 0.5) is 0 Å². The molecule has 0 aromatic heterocycles. The zero-order valence-corrected chi connectivity index (χ0v) is 8.85. The number of aliphatic hydroxyl groups is 1. The summed E-state index contributed by atoms with van der Waals surface area (Å²) >= 11 is 1.31. The van der Waals surface area contributed by atoms with Gasteiger partial charge in [0.1, 0.15) is 0 Å². The maximum Gasteiger partial charge on any atom is 0.213 e. The lowest BCUT2D eigenvalue weighted by Crippen LogP contribution is -2.37. The molecule has 0 saturated heterocycles. The van der Waals surface area contributed by atoms with Gasteiger partial charge in [-0.05, 0) is 11.0 Å². The minimum Gasteiger partial charge on any atom is -0.373 e. The van der Waals surface area contributed by atoms with Gasteiger partial charge in [0.15, 0.2) is 4.93 Å². The summed E-state index contributed by atoms with van der Waals surface area (Å²) < 4.78 is 0. The van der Waals surface area contributed by atoms with Crippen LogP contribution >= 0.6 is 11.8 Å². The molecule has 0 radical (unpaired) electrons. The molecule has 15 heavy (non-hydrogen) atoms. The average Bonchev–Trinajstić information content (AvgIpc) is 2.30. The highest BCUT2D eigenvalue weighted by molar-refractivity contribution is 8.02. The molecule has 1 atom stereocenters. The van der Waals surface area contributed by atoms with Crippen LogP contribution in [0.25, 0.3) is 0 Å². The molecular formula is C11H11NO2S. The first kappa shape index (κ1) is 10.3. The second kappa shape index (κ2) is 4.08. The lowest BCUT2D eigenvalue weighted by atomic mass is 10.1. The Balaban J connectivity index is 2.28. The fraction of sp³-hybridized carbons (Fsp3) is 0.182. The normalized spacial score (nSPS) is 25.3. The fourth-order valence-electron chi connectivity index (χ4n) is 1.49. The Kier molecular flexibility index (Phi) is 2.79. The number of amides is 1. The van der Waals surface area contributed by atoms with E-state index in [0.717, 1.165) is 5.56 Å². The van der Waals surface area contributed by atoms with Crippen molar-refractivity contribution >= 4 is 18.2 Å². The summed E-state index contributed by atoms with van der Waals surface area (Å²) in [6.07, 6.45) is 2.37. The van der Waals surface area contributed by atoms with Gasteiger partial charge in [-0.1, -0.05) is 42.1 Å². The number of hydrogen-bond acceptors (Lipinski definition) is 3. The van der Waals surface area contributed by atoms with E-state index in [4.69, 9.17) is 0 Å². The van der Waals surface area contributed by atoms with E-state index in [0.29, 0.717) is 6.41 Å². The van der Waals surface area contributed by atoms with Gasteiger partial charge in [-0.25, -0.2) is 0 Å². The molecule has 0 unspecified atom stereocenters. The minimum atomic E-state index is -1.03. The molecule has 78 valence electrons. The highest BCUT2D eigenvalue weighted by atomic mass is 32.2. The van der Waals surface area contributed by atoms with Crippen molar-refractivity contribution in [1.29, 1.82) is 0 Å². The maximum atomic E-state index is 10.6. The van der Waals surface area contributed by atoms with Crippen molar-refractivity contribution in [3.8, 4) is 0 Å². The molecule has 2 rings (SSSR count). The van der Waals surface area contributed by atoms with Crippen LogP contribution in [0.1, 0.15) is 5.56 Å². The van der Waals surface area contributed by atoms with Gasteiger partial charge >= 0.3 is 0 Å². The largest absolute Gasteiger partial charge is 0.373 e. The van der Waals surface area contributed by atoms with Crippen molar-refractivity contribution in [2.75, 3.05) is 6.54 Å². The molecule has 1 aliphatic heterocycles. The van der Waals surface area contributed by atoms with Crippen molar-refractivity contribution in [3.63, 3.8) is 0 Å². The first-order valence-electron chi connectivity index (χ1n) is 4.58. The Morgan fingerprint density at radius 2 is 2.13 bits per heavy atom. The van der Waals surface area contributed by atoms with Gasteiger partial charge in [0.2, 0.25) is 6.41 Å². The third kappa shape index (κ3) is 2.06. The van der Waals surface area contributed by atoms with Crippen molar-refractivity contribution in [1.82, 2.24) is 4.90 Å². The molecule has 1 aromatic carbocycles. The summed E-state index contributed by atoms with van der Waals surface area (Å²) in [7, 11) is 0. The molecule has 1 aromatic rings. The molecule has 0 saturated carbocycles. The van der Waals surface area contributed by atoms with Crippen LogP contribution in [-0.2, 0) is 9.73 Å². The summed E-state index contributed by atoms with van der Waals surface area (Å²) in [6, 6.07) is 9.35. The molecule has 4 heteroatoms. The van der Waals surface area contributed by atoms with E-state index in [-0.39, 0.29) is 6.54 Å². The van der Waals surface area contributed by atoms with Crippen molar-refractivity contribution in [2.24, 2.45) is 0 Å². The average molecular weight is 221 g/mol. The Morgan fingerprint density at radius 1 is 1.40 bits per heavy atom. The van der Waals surface area contributed by atoms with E-state index in [9.17, 15) is 9.90 Å². The van der Waals surface area contributed by atoms with Crippen molar-refractivity contribution in [3.05, 3.63) is 47.5 Å². The van der Waals surface area contributed by atoms with E-state index in [1.54, 1.807) is 11.6 Å². The SMILES string of the molecule is O=CN1C=CS[C@@](O)(c2ccccc2)C1. The summed E-state index contributed by atoms with van der Waals surface area (Å²) in [5, 5.41) is 12.1. The number of thioether (sulfide) groups is 1. The number of β-amino-alcohol motifs (C(OH)–C–C–N with tert-alkyl or cyclic N) is 1. The van der Waals surface area contributed by atoms with E-state index >= 15 is 0 Å². The molecule has 1 amide bonds. The smallest absolute Gasteiger partial charge is 0.213 e. The van der Waals surface area contributed by atoms with Crippen LogP contribution in [0.15, 0.2) is 41.9 Å². The van der Waals surface area contributed by atoms with Crippen LogP contribution in [0.3, 0.4) is 0 Å². The van der Waals surface area contributed by atoms with E-state index in [1.165, 1.54) is 16.7 Å². The van der Waals surface area contributed by atoms with E-state index in [2.05, 4.69) is 0 Å². The van der Waals surface area contributed by atoms with Gasteiger partial charge in [-0.15, -0.1) is 0 Å². The minimum absolute atomic E-state index is 0.279. The third-order valence-electron chi connectivity index (χ3n) is 2.27. The van der Waals surface area contributed by atoms with Crippen LogP contribution < -0.4 is 0 Å². The molecular weight excluding hydrogens is 210 g/mol. The topological polar surface area (TPSA) is 40.5 Å². The first-order valence-corrected chi connectivity index (χ1v) is 5.46. The highest BCUT2D eigenvalue weighted by Crippen LogP contribution is 2.37. The molecule has 1 N–H and O–H groups in total. The predicted molar refractivity (Wildman–Crippen MR) is 59.8 cm³/mol. The Labute approximate surface area is 92.4 Å². The van der Waals surface area contributed by atoms with Crippen molar-refractivity contribution in [2.45, 2.75) is 4.93 Å². The zero-order valence-electron chi connectivity index (χ0n) is 8.04. The zero-order chi connectivity index (χ0) is 10.7. The standard InChI is InChI=1S/C11H11NO2S/c13-9-12-6-7-15-11(14,8-12)10-4-2-1-3-5-10/h1-7,9,14H,8H2/t11-/m1/s1. The quantitative estimate of drug-likeness (QED) is 0.769. The molecule has 0 bridgehead atoms. The predicted octanol–water partition coefficient (Wildman–Crippen LogP) is 1.51. The number of carbonyl (C=O) groups excluding carboxylic acids is 1. The highest BCUT2D eigenvalue weighted by Gasteiger charge is 2.33. The number of rotatable bonds is 2. The van der Waals surface area contributed by atoms with Gasteiger partial charge < -0.3 is 10.0 Å². The molecule has 0 fully saturated rings. The Hall–Kier alpha value is -1.26. The van der Waals surface area contributed by atoms with Crippen LogP contribution in [0, 0.1) is 0 Å². The van der Waals surface area contributed by atoms with Gasteiger partial charge in [0.25, 0.3) is 0 Å². The molecule has 0 aliphatic carbocycles. The molecule has 0 spiro atoms. The third-order valence-corrected chi connectivity index (χ3v) is 3.29. The second-order valence-corrected chi connectivity index (χ2v) is 4.51. The summed E-state index contributed by atoms with van der Waals surface area (Å²) in [4.78, 5) is 11.0. The molecule has 3 nitrogen and oxygen atoms in total. The summed E-state index contributed by atoms with van der Waals surface area (Å²) in [6.45, 7) is 0.279. The number of nitrogens with zero attached hydrogens (tertiary/aromatic N) is 1. The van der Waals surface area contributed by atoms with E-state index in [1.807, 2.05) is 30.3 Å². The monoisotopic (exact) mass is 221 g/mol. The Bertz CT molecular complexity index is 379. The van der Waals surface area contributed by atoms with Crippen LogP contribution in [-0.4, -0.2) is 23.0 Å². The van der Waals surface area contributed by atoms with Crippen LogP contribution in [0.2, 0.25) is 0 Å². The number of hydrogen-bond donors (Lipinski definition) is 1. The van der Waals surface area contributed by atoms with Crippen molar-refractivity contribution < 1.29 is 9.90 Å². The van der Waals surface area contributed by atoms with E-state index < -0.39 is 4.93 Å².